The maximum atomic E-state index is 11.6. The lowest BCUT2D eigenvalue weighted by molar-refractivity contribution is -0.141. The van der Waals surface area contributed by atoms with E-state index in [2.05, 4.69) is 38.3 Å². The quantitative estimate of drug-likeness (QED) is 0.864. The highest BCUT2D eigenvalue weighted by Gasteiger charge is 2.24. The van der Waals surface area contributed by atoms with Gasteiger partial charge in [0.25, 0.3) is 0 Å². The van der Waals surface area contributed by atoms with Crippen LogP contribution < -0.4 is 10.2 Å². The molecule has 1 aromatic carbocycles. The molecule has 1 unspecified atom stereocenters. The molecule has 1 aromatic rings. The number of hydrogen-bond donors (Lipinski definition) is 1. The van der Waals surface area contributed by atoms with Crippen molar-refractivity contribution < 1.29 is 9.53 Å². The summed E-state index contributed by atoms with van der Waals surface area (Å²) in [7, 11) is 1.44. The molecule has 0 bridgehead atoms. The zero-order valence-corrected chi connectivity index (χ0v) is 12.6. The van der Waals surface area contributed by atoms with Gasteiger partial charge in [-0.3, -0.25) is 4.79 Å². The number of esters is 1. The first-order valence-corrected chi connectivity index (χ1v) is 7.30. The molecule has 1 N–H and O–H groups in total. The second kappa shape index (κ2) is 6.91. The van der Waals surface area contributed by atoms with Gasteiger partial charge in [-0.1, -0.05) is 22.0 Å². The van der Waals surface area contributed by atoms with Crippen molar-refractivity contribution in [3.8, 4) is 0 Å². The Morgan fingerprint density at radius 2 is 2.42 bits per heavy atom. The summed E-state index contributed by atoms with van der Waals surface area (Å²) in [5.74, 6) is -0.159. The van der Waals surface area contributed by atoms with Crippen LogP contribution in [0.4, 0.5) is 5.69 Å². The van der Waals surface area contributed by atoms with Crippen LogP contribution in [0.25, 0.3) is 0 Å². The molecule has 1 aliphatic rings. The number of nitrogens with zero attached hydrogens (tertiary/aromatic N) is 1. The molecule has 0 aromatic heterocycles. The van der Waals surface area contributed by atoms with Crippen LogP contribution in [0.15, 0.2) is 28.7 Å². The fraction of sp³-hybridized carbons (Fsp3) is 0.500. The van der Waals surface area contributed by atoms with E-state index in [1.807, 2.05) is 12.1 Å². The summed E-state index contributed by atoms with van der Waals surface area (Å²) in [4.78, 5) is 13.8. The summed E-state index contributed by atoms with van der Waals surface area (Å²) in [6.07, 6.45) is 1.49. The minimum absolute atomic E-state index is 0.143. The van der Waals surface area contributed by atoms with Crippen LogP contribution in [0.5, 0.6) is 0 Å². The molecule has 104 valence electrons. The summed E-state index contributed by atoms with van der Waals surface area (Å²) in [6, 6.07) is 8.35. The third kappa shape index (κ3) is 3.94. The molecule has 1 saturated heterocycles. The van der Waals surface area contributed by atoms with Gasteiger partial charge < -0.3 is 15.0 Å². The van der Waals surface area contributed by atoms with Crippen molar-refractivity contribution in [3.05, 3.63) is 28.7 Å². The van der Waals surface area contributed by atoms with Gasteiger partial charge in [-0.25, -0.2) is 0 Å². The third-order valence-electron chi connectivity index (χ3n) is 3.34. The number of anilines is 1. The minimum Gasteiger partial charge on any atom is -0.469 e. The Labute approximate surface area is 122 Å². The fourth-order valence-electron chi connectivity index (χ4n) is 2.39. The average Bonchev–Trinajstić information content (AvgIpc) is 2.64. The number of nitrogens with one attached hydrogen (secondary N) is 1. The van der Waals surface area contributed by atoms with Gasteiger partial charge in [0.2, 0.25) is 0 Å². The molecule has 2 rings (SSSR count). The van der Waals surface area contributed by atoms with E-state index >= 15 is 0 Å². The lowest BCUT2D eigenvalue weighted by Gasteiger charge is -2.31. The largest absolute Gasteiger partial charge is 0.469 e. The first-order chi connectivity index (χ1) is 9.20. The Balaban J connectivity index is 2.19. The Hall–Kier alpha value is -1.07. The van der Waals surface area contributed by atoms with Crippen molar-refractivity contribution >= 4 is 27.6 Å². The molecule has 19 heavy (non-hydrogen) atoms. The van der Waals surface area contributed by atoms with Crippen LogP contribution in [-0.2, 0) is 9.53 Å². The average molecular weight is 327 g/mol. The summed E-state index contributed by atoms with van der Waals surface area (Å²) in [5, 5.41) is 3.38. The van der Waals surface area contributed by atoms with Gasteiger partial charge in [-0.05, 0) is 31.2 Å². The van der Waals surface area contributed by atoms with E-state index < -0.39 is 0 Å². The van der Waals surface area contributed by atoms with Gasteiger partial charge >= 0.3 is 5.97 Å². The first kappa shape index (κ1) is 14.3. The maximum Gasteiger partial charge on any atom is 0.307 e. The van der Waals surface area contributed by atoms with Crippen LogP contribution in [0, 0.1) is 0 Å². The van der Waals surface area contributed by atoms with E-state index in [1.165, 1.54) is 7.11 Å². The maximum absolute atomic E-state index is 11.6. The molecule has 0 spiro atoms. The second-order valence-electron chi connectivity index (χ2n) is 4.67. The second-order valence-corrected chi connectivity index (χ2v) is 5.58. The summed E-state index contributed by atoms with van der Waals surface area (Å²) in [5.41, 5.74) is 1.15. The topological polar surface area (TPSA) is 41.6 Å². The van der Waals surface area contributed by atoms with E-state index in [-0.39, 0.29) is 12.0 Å². The predicted molar refractivity (Wildman–Crippen MR) is 79.4 cm³/mol. The zero-order valence-electron chi connectivity index (χ0n) is 11.1. The third-order valence-corrected chi connectivity index (χ3v) is 3.84. The Morgan fingerprint density at radius 3 is 3.16 bits per heavy atom. The molecule has 1 atom stereocenters. The van der Waals surface area contributed by atoms with E-state index in [0.29, 0.717) is 6.42 Å². The number of benzene rings is 1. The molecule has 5 heteroatoms. The van der Waals surface area contributed by atoms with Gasteiger partial charge in [0, 0.05) is 23.2 Å². The molecule has 1 fully saturated rings. The lowest BCUT2D eigenvalue weighted by atomic mass is 10.1. The highest BCUT2D eigenvalue weighted by atomic mass is 79.9. The van der Waals surface area contributed by atoms with Gasteiger partial charge in [0.05, 0.1) is 19.6 Å². The van der Waals surface area contributed by atoms with Crippen LogP contribution in [0.3, 0.4) is 0 Å². The summed E-state index contributed by atoms with van der Waals surface area (Å²) >= 11 is 3.50. The van der Waals surface area contributed by atoms with Crippen molar-refractivity contribution in [1.29, 1.82) is 0 Å². The molecular weight excluding hydrogens is 308 g/mol. The molecule has 1 aliphatic heterocycles. The van der Waals surface area contributed by atoms with Crippen molar-refractivity contribution in [2.75, 3.05) is 31.6 Å². The first-order valence-electron chi connectivity index (χ1n) is 6.50. The molecule has 1 heterocycles. The Morgan fingerprint density at radius 1 is 1.58 bits per heavy atom. The smallest absolute Gasteiger partial charge is 0.307 e. The zero-order chi connectivity index (χ0) is 13.7. The van der Waals surface area contributed by atoms with Crippen LogP contribution in [-0.4, -0.2) is 38.8 Å². The van der Waals surface area contributed by atoms with Crippen molar-refractivity contribution in [2.24, 2.45) is 0 Å². The van der Waals surface area contributed by atoms with Crippen molar-refractivity contribution in [1.82, 2.24) is 5.32 Å². The molecule has 0 radical (unpaired) electrons. The highest BCUT2D eigenvalue weighted by Crippen LogP contribution is 2.24. The predicted octanol–water partition coefficient (Wildman–Crippen LogP) is 2.18. The van der Waals surface area contributed by atoms with Crippen LogP contribution in [0.2, 0.25) is 0 Å². The fourth-order valence-corrected chi connectivity index (χ4v) is 2.78. The molecule has 4 nitrogen and oxygen atoms in total. The molecule has 0 saturated carbocycles. The minimum atomic E-state index is -0.159. The Kier molecular flexibility index (Phi) is 5.22. The van der Waals surface area contributed by atoms with Gasteiger partial charge in [0.15, 0.2) is 0 Å². The van der Waals surface area contributed by atoms with Crippen LogP contribution >= 0.6 is 15.9 Å². The van der Waals surface area contributed by atoms with Gasteiger partial charge in [-0.2, -0.15) is 0 Å². The van der Waals surface area contributed by atoms with E-state index in [4.69, 9.17) is 4.74 Å². The summed E-state index contributed by atoms with van der Waals surface area (Å²) in [6.45, 7) is 2.74. The number of rotatable bonds is 3. The van der Waals surface area contributed by atoms with E-state index in [0.717, 1.165) is 36.2 Å². The molecule has 0 aliphatic carbocycles. The van der Waals surface area contributed by atoms with Gasteiger partial charge in [0.1, 0.15) is 0 Å². The number of methoxy groups -OCH3 is 1. The van der Waals surface area contributed by atoms with E-state index in [1.54, 1.807) is 0 Å². The number of ether oxygens (including phenoxy) is 1. The lowest BCUT2D eigenvalue weighted by Crippen LogP contribution is -2.41. The number of hydrogen-bond acceptors (Lipinski definition) is 4. The standard InChI is InChI=1S/C14H19BrN2O2/c1-19-14(18)9-13-10-16-6-3-7-17(13)12-5-2-4-11(15)8-12/h2,4-5,8,13,16H,3,6-7,9-10H2,1H3. The van der Waals surface area contributed by atoms with Gasteiger partial charge in [-0.15, -0.1) is 0 Å². The number of carbonyl (C=O) groups excluding carboxylic acids is 1. The molecule has 0 amide bonds. The monoisotopic (exact) mass is 326 g/mol. The number of halogens is 1. The summed E-state index contributed by atoms with van der Waals surface area (Å²) < 4.78 is 5.85. The van der Waals surface area contributed by atoms with E-state index in [9.17, 15) is 4.79 Å². The SMILES string of the molecule is COC(=O)CC1CNCCCN1c1cccc(Br)c1. The van der Waals surface area contributed by atoms with Crippen LogP contribution in [0.1, 0.15) is 12.8 Å². The van der Waals surface area contributed by atoms with Crippen molar-refractivity contribution in [2.45, 2.75) is 18.9 Å². The van der Waals surface area contributed by atoms with Crippen molar-refractivity contribution in [3.63, 3.8) is 0 Å². The normalized spacial score (nSPS) is 19.9. The number of carbonyl (C=O) groups is 1. The highest BCUT2D eigenvalue weighted by molar-refractivity contribution is 9.10. The Bertz CT molecular complexity index is 439. The molecular formula is C14H19BrN2O2.